The fraction of sp³-hybridized carbons (Fsp3) is 0.0952. The van der Waals surface area contributed by atoms with E-state index in [1.165, 1.54) is 0 Å². The van der Waals surface area contributed by atoms with Crippen LogP contribution in [0.2, 0.25) is 0 Å². The van der Waals surface area contributed by atoms with Gasteiger partial charge in [0.2, 0.25) is 0 Å². The molecule has 3 rings (SSSR count). The van der Waals surface area contributed by atoms with Crippen LogP contribution in [0.4, 0.5) is 30.2 Å². The van der Waals surface area contributed by atoms with E-state index in [2.05, 4.69) is 74.4 Å². The Hall–Kier alpha value is -1.20. The van der Waals surface area contributed by atoms with Crippen LogP contribution in [0.1, 0.15) is 21.5 Å². The molecule has 0 spiro atoms. The van der Waals surface area contributed by atoms with Gasteiger partial charge in [0.25, 0.3) is 16.0 Å². The van der Waals surface area contributed by atoms with Crippen LogP contribution in [-0.4, -0.2) is 18.9 Å². The molecule has 0 fully saturated rings. The van der Waals surface area contributed by atoms with Crippen molar-refractivity contribution < 1.29 is 30.9 Å². The van der Waals surface area contributed by atoms with E-state index in [0.717, 1.165) is 17.7 Å². The lowest BCUT2D eigenvalue weighted by Gasteiger charge is -2.18. The van der Waals surface area contributed by atoms with E-state index in [4.69, 9.17) is 5.73 Å². The Morgan fingerprint density at radius 2 is 1.49 bits per heavy atom. The Bertz CT molecular complexity index is 1460. The molecule has 0 atom stereocenters. The third-order valence-electron chi connectivity index (χ3n) is 4.77. The maximum Gasteiger partial charge on any atom is 0.416 e. The number of hydrogen-bond donors (Lipinski definition) is 4. The monoisotopic (exact) mass is 813 g/mol. The fourth-order valence-corrected chi connectivity index (χ4v) is 7.01. The Balaban J connectivity index is 0.00000481. The Morgan fingerprint density at radius 3 is 2.00 bits per heavy atom. The molecule has 0 aliphatic heterocycles. The molecule has 0 saturated heterocycles. The summed E-state index contributed by atoms with van der Waals surface area (Å²) in [5.41, 5.74) is 5.12. The van der Waals surface area contributed by atoms with E-state index in [9.17, 15) is 30.9 Å². The molecule has 0 saturated carbocycles. The van der Waals surface area contributed by atoms with Crippen LogP contribution in [0, 0.1) is 0 Å². The van der Waals surface area contributed by atoms with Crippen molar-refractivity contribution in [3.63, 3.8) is 0 Å². The summed E-state index contributed by atoms with van der Waals surface area (Å²) in [6.07, 6.45) is -4.72. The molecule has 0 unspecified atom stereocenters. The molecular formula is C21H15Br4ClF3N3O4S. The Labute approximate surface area is 249 Å². The number of benzene rings is 3. The summed E-state index contributed by atoms with van der Waals surface area (Å²) in [5.74, 6) is -1.11. The van der Waals surface area contributed by atoms with Gasteiger partial charge in [-0.15, -0.1) is 12.4 Å². The number of rotatable bonds is 6. The molecule has 0 aliphatic carbocycles. The maximum absolute atomic E-state index is 13.4. The van der Waals surface area contributed by atoms with Gasteiger partial charge in [0, 0.05) is 25.7 Å². The van der Waals surface area contributed by atoms with E-state index in [-0.39, 0.29) is 41.7 Å². The average molecular weight is 817 g/mol. The van der Waals surface area contributed by atoms with E-state index >= 15 is 0 Å². The molecule has 37 heavy (non-hydrogen) atoms. The predicted molar refractivity (Wildman–Crippen MR) is 151 cm³/mol. The zero-order valence-electron chi connectivity index (χ0n) is 18.0. The molecule has 0 aromatic heterocycles. The van der Waals surface area contributed by atoms with Crippen LogP contribution in [0.15, 0.2) is 65.3 Å². The summed E-state index contributed by atoms with van der Waals surface area (Å²) in [7, 11) is -4.95. The molecular weight excluding hydrogens is 802 g/mol. The van der Waals surface area contributed by atoms with Crippen molar-refractivity contribution in [2.24, 2.45) is 5.73 Å². The number of nitrogens with one attached hydrogen (secondary N) is 2. The fourth-order valence-electron chi connectivity index (χ4n) is 3.05. The van der Waals surface area contributed by atoms with Crippen LogP contribution in [0.25, 0.3) is 0 Å². The normalized spacial score (nSPS) is 11.6. The first-order valence-corrected chi connectivity index (χ1v) is 14.2. The lowest BCUT2D eigenvalue weighted by molar-refractivity contribution is -0.137. The third-order valence-corrected chi connectivity index (χ3v) is 10.7. The molecule has 0 bridgehead atoms. The van der Waals surface area contributed by atoms with E-state index < -0.39 is 38.2 Å². The molecule has 200 valence electrons. The van der Waals surface area contributed by atoms with Crippen molar-refractivity contribution in [1.29, 1.82) is 0 Å². The maximum atomic E-state index is 13.4. The number of anilines is 3. The summed E-state index contributed by atoms with van der Waals surface area (Å²) >= 11 is 12.5. The van der Waals surface area contributed by atoms with Crippen molar-refractivity contribution in [2.45, 2.75) is 17.6 Å². The van der Waals surface area contributed by atoms with Gasteiger partial charge in [0.1, 0.15) is 4.90 Å². The lowest BCUT2D eigenvalue weighted by Crippen LogP contribution is -2.19. The smallest absolute Gasteiger partial charge is 0.354 e. The summed E-state index contributed by atoms with van der Waals surface area (Å²) in [6.45, 7) is 0.297. The zero-order chi connectivity index (χ0) is 27.0. The Kier molecular flexibility index (Phi) is 10.7. The summed E-state index contributed by atoms with van der Waals surface area (Å²) < 4.78 is 74.4. The van der Waals surface area contributed by atoms with Crippen molar-refractivity contribution >= 4 is 109 Å². The number of nitrogens with two attached hydrogens (primary N) is 1. The molecule has 0 radical (unpaired) electrons. The van der Waals surface area contributed by atoms with Gasteiger partial charge in [-0.1, -0.05) is 12.1 Å². The van der Waals surface area contributed by atoms with E-state index in [1.54, 1.807) is 24.3 Å². The van der Waals surface area contributed by atoms with Gasteiger partial charge in [-0.05, 0) is 99.6 Å². The van der Waals surface area contributed by atoms with Crippen LogP contribution in [-0.2, 0) is 22.8 Å². The van der Waals surface area contributed by atoms with Gasteiger partial charge in [0.05, 0.1) is 27.0 Å². The minimum atomic E-state index is -4.95. The highest BCUT2D eigenvalue weighted by Gasteiger charge is 2.33. The number of carbonyl (C=O) groups is 1. The Morgan fingerprint density at radius 1 is 0.919 bits per heavy atom. The second-order valence-electron chi connectivity index (χ2n) is 7.17. The largest absolute Gasteiger partial charge is 0.416 e. The third kappa shape index (κ3) is 7.26. The van der Waals surface area contributed by atoms with Gasteiger partial charge in [-0.2, -0.15) is 21.6 Å². The first-order valence-electron chi connectivity index (χ1n) is 9.57. The van der Waals surface area contributed by atoms with Gasteiger partial charge in [-0.3, -0.25) is 9.35 Å². The van der Waals surface area contributed by atoms with Crippen LogP contribution < -0.4 is 16.4 Å². The van der Waals surface area contributed by atoms with Gasteiger partial charge in [-0.25, -0.2) is 0 Å². The molecule has 16 heteroatoms. The van der Waals surface area contributed by atoms with Crippen molar-refractivity contribution in [1.82, 2.24) is 0 Å². The highest BCUT2D eigenvalue weighted by Crippen LogP contribution is 2.44. The van der Waals surface area contributed by atoms with E-state index in [0.29, 0.717) is 18.3 Å². The SMILES string of the molecule is Cl.NCc1ccc(Nc2ccc(C(F)(F)F)cc2NC(=O)c2c(Br)c(Br)c(Br)c(Br)c2S(=O)(=O)O)cc1. The summed E-state index contributed by atoms with van der Waals surface area (Å²) in [4.78, 5) is 12.5. The van der Waals surface area contributed by atoms with Gasteiger partial charge >= 0.3 is 6.18 Å². The van der Waals surface area contributed by atoms with Crippen molar-refractivity contribution in [2.75, 3.05) is 10.6 Å². The number of hydrogen-bond acceptors (Lipinski definition) is 5. The number of carbonyl (C=O) groups excluding carboxylic acids is 1. The molecule has 0 aliphatic rings. The lowest BCUT2D eigenvalue weighted by atomic mass is 10.1. The molecule has 3 aromatic carbocycles. The predicted octanol–water partition coefficient (Wildman–Crippen LogP) is 7.88. The zero-order valence-corrected chi connectivity index (χ0v) is 25.9. The molecule has 1 amide bonds. The molecule has 0 heterocycles. The number of alkyl halides is 3. The minimum absolute atomic E-state index is 0. The number of halogens is 8. The molecule has 5 N–H and O–H groups in total. The van der Waals surface area contributed by atoms with Crippen molar-refractivity contribution in [3.05, 3.63) is 77.0 Å². The molecule has 3 aromatic rings. The highest BCUT2D eigenvalue weighted by atomic mass is 79.9. The van der Waals surface area contributed by atoms with Crippen LogP contribution in [0.3, 0.4) is 0 Å². The average Bonchev–Trinajstić information content (AvgIpc) is 2.79. The van der Waals surface area contributed by atoms with E-state index in [1.807, 2.05) is 0 Å². The first-order chi connectivity index (χ1) is 16.6. The first kappa shape index (κ1) is 32.0. The molecule has 7 nitrogen and oxygen atoms in total. The second-order valence-corrected chi connectivity index (χ2v) is 11.7. The highest BCUT2D eigenvalue weighted by molar-refractivity contribution is 9.15. The quantitative estimate of drug-likeness (QED) is 0.114. The summed E-state index contributed by atoms with van der Waals surface area (Å²) in [5, 5.41) is 5.25. The summed E-state index contributed by atoms with van der Waals surface area (Å²) in [6, 6.07) is 9.41. The second kappa shape index (κ2) is 12.3. The van der Waals surface area contributed by atoms with Gasteiger partial charge < -0.3 is 16.4 Å². The van der Waals surface area contributed by atoms with Crippen molar-refractivity contribution in [3.8, 4) is 0 Å². The topological polar surface area (TPSA) is 122 Å². The number of amides is 1. The minimum Gasteiger partial charge on any atom is -0.354 e. The standard InChI is InChI=1S/C21H14Br4F3N3O4S.ClH/c22-15-14(19(36(33,34)35)18(25)17(24)16(15)23)20(32)31-13-7-10(21(26,27)28)3-6-12(13)30-11-4-1-9(8-29)2-5-11;/h1-7,30H,8,29H2,(H,31,32)(H,33,34,35);1H. The van der Waals surface area contributed by atoms with Crippen LogP contribution in [0.5, 0.6) is 0 Å². The van der Waals surface area contributed by atoms with Crippen LogP contribution >= 0.6 is 76.1 Å². The van der Waals surface area contributed by atoms with Gasteiger partial charge in [0.15, 0.2) is 0 Å².